The van der Waals surface area contributed by atoms with Gasteiger partial charge in [-0.05, 0) is 50.1 Å². The Hall–Kier alpha value is -2.00. The SMILES string of the molecule is Cc1ccc(NC(=O)[C@@H](C)Oc2ccccc2C)cc1Cl. The number of anilines is 1. The molecule has 0 aromatic heterocycles. The van der Waals surface area contributed by atoms with Crippen LogP contribution in [0.25, 0.3) is 0 Å². The third kappa shape index (κ3) is 3.99. The van der Waals surface area contributed by atoms with Gasteiger partial charge in [0.25, 0.3) is 5.91 Å². The van der Waals surface area contributed by atoms with Gasteiger partial charge in [-0.2, -0.15) is 0 Å². The molecule has 0 bridgehead atoms. The minimum Gasteiger partial charge on any atom is -0.481 e. The van der Waals surface area contributed by atoms with E-state index in [4.69, 9.17) is 16.3 Å². The van der Waals surface area contributed by atoms with E-state index in [1.54, 1.807) is 13.0 Å². The first-order chi connectivity index (χ1) is 9.97. The van der Waals surface area contributed by atoms with Gasteiger partial charge < -0.3 is 10.1 Å². The maximum Gasteiger partial charge on any atom is 0.265 e. The van der Waals surface area contributed by atoms with Gasteiger partial charge in [-0.3, -0.25) is 4.79 Å². The molecular weight excluding hydrogens is 286 g/mol. The van der Waals surface area contributed by atoms with E-state index in [0.717, 1.165) is 11.1 Å². The Kier molecular flexibility index (Phi) is 4.86. The maximum atomic E-state index is 12.1. The summed E-state index contributed by atoms with van der Waals surface area (Å²) in [4.78, 5) is 12.1. The molecule has 0 saturated heterocycles. The minimum absolute atomic E-state index is 0.210. The van der Waals surface area contributed by atoms with Crippen LogP contribution in [0.1, 0.15) is 18.1 Å². The molecule has 4 heteroatoms. The molecule has 1 amide bonds. The molecular formula is C17H18ClNO2. The first-order valence-corrected chi connectivity index (χ1v) is 7.14. The van der Waals surface area contributed by atoms with Crippen molar-refractivity contribution in [1.82, 2.24) is 0 Å². The number of benzene rings is 2. The van der Waals surface area contributed by atoms with Gasteiger partial charge in [0.15, 0.2) is 6.10 Å². The van der Waals surface area contributed by atoms with E-state index in [9.17, 15) is 4.79 Å². The normalized spacial score (nSPS) is 11.8. The molecule has 0 unspecified atom stereocenters. The lowest BCUT2D eigenvalue weighted by Gasteiger charge is -2.16. The second-order valence-corrected chi connectivity index (χ2v) is 5.39. The van der Waals surface area contributed by atoms with Gasteiger partial charge in [-0.15, -0.1) is 0 Å². The standard InChI is InChI=1S/C17H18ClNO2/c1-11-8-9-14(10-15(11)18)19-17(20)13(3)21-16-7-5-4-6-12(16)2/h4-10,13H,1-3H3,(H,19,20)/t13-/m1/s1. The molecule has 0 fully saturated rings. The molecule has 2 rings (SSSR count). The summed E-state index contributed by atoms with van der Waals surface area (Å²) >= 11 is 6.04. The molecule has 21 heavy (non-hydrogen) atoms. The van der Waals surface area contributed by atoms with Crippen molar-refractivity contribution in [3.63, 3.8) is 0 Å². The third-order valence-corrected chi connectivity index (χ3v) is 3.61. The van der Waals surface area contributed by atoms with Gasteiger partial charge >= 0.3 is 0 Å². The number of para-hydroxylation sites is 1. The van der Waals surface area contributed by atoms with Crippen molar-refractivity contribution in [2.75, 3.05) is 5.32 Å². The van der Waals surface area contributed by atoms with Crippen LogP contribution in [0.15, 0.2) is 42.5 Å². The summed E-state index contributed by atoms with van der Waals surface area (Å²) in [6.07, 6.45) is -0.592. The van der Waals surface area contributed by atoms with Crippen LogP contribution < -0.4 is 10.1 Å². The second-order valence-electron chi connectivity index (χ2n) is 4.98. The first-order valence-electron chi connectivity index (χ1n) is 6.76. The number of rotatable bonds is 4. The lowest BCUT2D eigenvalue weighted by atomic mass is 10.2. The maximum absolute atomic E-state index is 12.1. The number of carbonyl (C=O) groups is 1. The molecule has 1 atom stereocenters. The Labute approximate surface area is 129 Å². The number of carbonyl (C=O) groups excluding carboxylic acids is 1. The zero-order chi connectivity index (χ0) is 15.4. The number of hydrogen-bond donors (Lipinski definition) is 1. The van der Waals surface area contributed by atoms with Crippen LogP contribution in [-0.2, 0) is 4.79 Å². The highest BCUT2D eigenvalue weighted by Crippen LogP contribution is 2.21. The highest BCUT2D eigenvalue weighted by molar-refractivity contribution is 6.31. The Balaban J connectivity index is 2.02. The molecule has 0 radical (unpaired) electrons. The molecule has 0 heterocycles. The zero-order valence-corrected chi connectivity index (χ0v) is 13.1. The van der Waals surface area contributed by atoms with E-state index >= 15 is 0 Å². The fourth-order valence-electron chi connectivity index (χ4n) is 1.85. The summed E-state index contributed by atoms with van der Waals surface area (Å²) in [5, 5.41) is 3.43. The van der Waals surface area contributed by atoms with Crippen LogP contribution in [0.4, 0.5) is 5.69 Å². The molecule has 1 N–H and O–H groups in total. The second kappa shape index (κ2) is 6.64. The fourth-order valence-corrected chi connectivity index (χ4v) is 2.03. The van der Waals surface area contributed by atoms with E-state index in [1.165, 1.54) is 0 Å². The van der Waals surface area contributed by atoms with Crippen molar-refractivity contribution in [3.05, 3.63) is 58.6 Å². The Morgan fingerprint density at radius 2 is 1.86 bits per heavy atom. The summed E-state index contributed by atoms with van der Waals surface area (Å²) in [6, 6.07) is 13.0. The highest BCUT2D eigenvalue weighted by atomic mass is 35.5. The van der Waals surface area contributed by atoms with Crippen LogP contribution in [0.2, 0.25) is 5.02 Å². The van der Waals surface area contributed by atoms with Crippen LogP contribution in [0, 0.1) is 13.8 Å². The van der Waals surface area contributed by atoms with Gasteiger partial charge in [-0.1, -0.05) is 35.9 Å². The Morgan fingerprint density at radius 1 is 1.14 bits per heavy atom. The lowest BCUT2D eigenvalue weighted by molar-refractivity contribution is -0.122. The number of amides is 1. The van der Waals surface area contributed by atoms with Gasteiger partial charge in [0.2, 0.25) is 0 Å². The molecule has 3 nitrogen and oxygen atoms in total. The third-order valence-electron chi connectivity index (χ3n) is 3.21. The number of nitrogens with one attached hydrogen (secondary N) is 1. The smallest absolute Gasteiger partial charge is 0.265 e. The molecule has 2 aromatic rings. The van der Waals surface area contributed by atoms with Crippen LogP contribution >= 0.6 is 11.6 Å². The summed E-state index contributed by atoms with van der Waals surface area (Å²) < 4.78 is 5.69. The van der Waals surface area contributed by atoms with E-state index < -0.39 is 6.10 Å². The zero-order valence-electron chi connectivity index (χ0n) is 12.3. The van der Waals surface area contributed by atoms with Gasteiger partial charge in [0.05, 0.1) is 0 Å². The molecule has 0 aliphatic rings. The Morgan fingerprint density at radius 3 is 2.52 bits per heavy atom. The Bertz CT molecular complexity index is 655. The van der Waals surface area contributed by atoms with Crippen molar-refractivity contribution in [2.24, 2.45) is 0 Å². The largest absolute Gasteiger partial charge is 0.481 e. The summed E-state index contributed by atoms with van der Waals surface area (Å²) in [5.41, 5.74) is 2.63. The summed E-state index contributed by atoms with van der Waals surface area (Å²) in [7, 11) is 0. The fraction of sp³-hybridized carbons (Fsp3) is 0.235. The van der Waals surface area contributed by atoms with E-state index in [0.29, 0.717) is 16.5 Å². The first kappa shape index (κ1) is 15.4. The number of hydrogen-bond acceptors (Lipinski definition) is 2. The lowest BCUT2D eigenvalue weighted by Crippen LogP contribution is -2.30. The molecule has 0 aliphatic heterocycles. The van der Waals surface area contributed by atoms with Crippen molar-refractivity contribution in [3.8, 4) is 5.75 Å². The monoisotopic (exact) mass is 303 g/mol. The molecule has 0 saturated carbocycles. The van der Waals surface area contributed by atoms with Gasteiger partial charge in [0.1, 0.15) is 5.75 Å². The van der Waals surface area contributed by atoms with Gasteiger partial charge in [-0.25, -0.2) is 0 Å². The van der Waals surface area contributed by atoms with Crippen molar-refractivity contribution >= 4 is 23.2 Å². The molecule has 0 aliphatic carbocycles. The molecule has 2 aromatic carbocycles. The van der Waals surface area contributed by atoms with Crippen LogP contribution in [0.3, 0.4) is 0 Å². The summed E-state index contributed by atoms with van der Waals surface area (Å²) in [5.74, 6) is 0.500. The van der Waals surface area contributed by atoms with Crippen LogP contribution in [0.5, 0.6) is 5.75 Å². The topological polar surface area (TPSA) is 38.3 Å². The van der Waals surface area contributed by atoms with Crippen LogP contribution in [-0.4, -0.2) is 12.0 Å². The van der Waals surface area contributed by atoms with Crippen molar-refractivity contribution < 1.29 is 9.53 Å². The molecule has 110 valence electrons. The number of ether oxygens (including phenoxy) is 1. The van der Waals surface area contributed by atoms with E-state index in [-0.39, 0.29) is 5.91 Å². The quantitative estimate of drug-likeness (QED) is 0.911. The van der Waals surface area contributed by atoms with Crippen molar-refractivity contribution in [1.29, 1.82) is 0 Å². The predicted molar refractivity (Wildman–Crippen MR) is 86.1 cm³/mol. The average molecular weight is 304 g/mol. The van der Waals surface area contributed by atoms with Gasteiger partial charge in [0, 0.05) is 10.7 Å². The highest BCUT2D eigenvalue weighted by Gasteiger charge is 2.16. The predicted octanol–water partition coefficient (Wildman–Crippen LogP) is 4.36. The summed E-state index contributed by atoms with van der Waals surface area (Å²) in [6.45, 7) is 5.58. The van der Waals surface area contributed by atoms with E-state index in [1.807, 2.05) is 50.2 Å². The molecule has 0 spiro atoms. The minimum atomic E-state index is -0.592. The number of halogens is 1. The average Bonchev–Trinajstić information content (AvgIpc) is 2.45. The van der Waals surface area contributed by atoms with E-state index in [2.05, 4.69) is 5.32 Å². The number of aryl methyl sites for hydroxylation is 2. The van der Waals surface area contributed by atoms with Crippen molar-refractivity contribution in [2.45, 2.75) is 26.9 Å².